The highest BCUT2D eigenvalue weighted by Crippen LogP contribution is 2.43. The number of quaternary nitrogens is 1. The van der Waals surface area contributed by atoms with E-state index in [0.717, 1.165) is 83.5 Å². The first-order chi connectivity index (χ1) is 38.4. The summed E-state index contributed by atoms with van der Waals surface area (Å²) in [5, 5.41) is 3.04. The summed E-state index contributed by atoms with van der Waals surface area (Å²) >= 11 is 0. The molecule has 0 fully saturated rings. The van der Waals surface area contributed by atoms with Crippen LogP contribution < -0.4 is 5.32 Å². The van der Waals surface area contributed by atoms with Gasteiger partial charge in [0.1, 0.15) is 19.3 Å². The first-order valence-corrected chi connectivity index (χ1v) is 35.1. The zero-order valence-corrected chi connectivity index (χ0v) is 53.8. The van der Waals surface area contributed by atoms with E-state index >= 15 is 0 Å². The predicted octanol–water partition coefficient (Wildman–Crippen LogP) is 21.0. The van der Waals surface area contributed by atoms with Gasteiger partial charge in [0.25, 0.3) is 0 Å². The van der Waals surface area contributed by atoms with Crippen LogP contribution in [0.1, 0.15) is 316 Å². The topological polar surface area (TPSA) is 111 Å². The van der Waals surface area contributed by atoms with Crippen molar-refractivity contribution in [3.05, 3.63) is 60.8 Å². The highest BCUT2D eigenvalue weighted by molar-refractivity contribution is 7.47. The van der Waals surface area contributed by atoms with Crippen molar-refractivity contribution < 1.29 is 37.3 Å². The van der Waals surface area contributed by atoms with Gasteiger partial charge in [-0.3, -0.25) is 18.6 Å². The third-order valence-corrected chi connectivity index (χ3v) is 16.0. The molecule has 0 aliphatic heterocycles. The maximum absolute atomic E-state index is 13.5. The summed E-state index contributed by atoms with van der Waals surface area (Å²) < 4.78 is 30.7. The van der Waals surface area contributed by atoms with E-state index in [0.29, 0.717) is 23.9 Å². The Bertz CT molecular complexity index is 1540. The van der Waals surface area contributed by atoms with Gasteiger partial charge in [-0.25, -0.2) is 4.57 Å². The molecule has 0 rings (SSSR count). The van der Waals surface area contributed by atoms with E-state index in [4.69, 9.17) is 13.8 Å². The standard InChI is InChI=1S/C69H129N2O7P/c1-7-10-13-16-19-22-25-28-30-32-33-34-35-36-37-38-39-40-42-44-47-50-53-56-59-62-69(73)78-67(60-57-54-51-48-45-27-24-21-18-15-12-9-3)66(65-77-79(74,75)76-64-63-71(4,5)6)70-68(72)61-58-55-52-49-46-43-41-31-29-26-23-20-17-14-11-8-2/h11,14,20,23,29,31,43,46,57,60,66-67H,7-10,12-13,15-19,21-22,24-28,30,32-42,44-45,47-56,58-59,61-65H2,1-6H3,(H-,70,72,74,75)/p+1/b14-11+,23-20+,31-29+,46-43+,60-57-. The van der Waals surface area contributed by atoms with Gasteiger partial charge >= 0.3 is 13.8 Å². The molecular formula is C69H130N2O7P+. The molecule has 0 aromatic carbocycles. The van der Waals surface area contributed by atoms with Crippen molar-refractivity contribution in [2.45, 2.75) is 328 Å². The minimum Gasteiger partial charge on any atom is -0.456 e. The molecule has 0 aromatic heterocycles. The summed E-state index contributed by atoms with van der Waals surface area (Å²) in [7, 11) is 1.48. The lowest BCUT2D eigenvalue weighted by atomic mass is 10.0. The molecule has 0 saturated heterocycles. The van der Waals surface area contributed by atoms with Crippen molar-refractivity contribution in [2.24, 2.45) is 0 Å². The monoisotopic (exact) mass is 1130 g/mol. The highest BCUT2D eigenvalue weighted by atomic mass is 31.2. The van der Waals surface area contributed by atoms with Crippen molar-refractivity contribution >= 4 is 19.7 Å². The van der Waals surface area contributed by atoms with Crippen LogP contribution in [0.4, 0.5) is 0 Å². The van der Waals surface area contributed by atoms with Gasteiger partial charge in [0.2, 0.25) is 5.91 Å². The number of phosphoric ester groups is 1. The van der Waals surface area contributed by atoms with Crippen LogP contribution in [0.5, 0.6) is 0 Å². The predicted molar refractivity (Wildman–Crippen MR) is 342 cm³/mol. The van der Waals surface area contributed by atoms with Gasteiger partial charge in [0.15, 0.2) is 0 Å². The third-order valence-electron chi connectivity index (χ3n) is 15.0. The molecule has 0 saturated carbocycles. The SMILES string of the molecule is CC/C=C/C/C=C/C/C=C/C/C=C/CCCCCC(=O)NC(COP(=O)(O)OCC[N+](C)(C)C)C(/C=C\CCCCCCCCCCCC)OC(=O)CCCCCCCCCCCCCCCCCCCCCCCCCCC. The Hall–Kier alpha value is -2.29. The Kier molecular flexibility index (Phi) is 57.2. The second-order valence-electron chi connectivity index (χ2n) is 24.0. The summed E-state index contributed by atoms with van der Waals surface area (Å²) in [6.07, 6.45) is 75.3. The molecule has 79 heavy (non-hydrogen) atoms. The second-order valence-corrected chi connectivity index (χ2v) is 25.4. The van der Waals surface area contributed by atoms with Crippen LogP contribution in [0.15, 0.2) is 60.8 Å². The van der Waals surface area contributed by atoms with Crippen LogP contribution >= 0.6 is 7.82 Å². The molecule has 9 nitrogen and oxygen atoms in total. The normalized spacial score (nSPS) is 14.0. The van der Waals surface area contributed by atoms with Crippen molar-refractivity contribution in [3.63, 3.8) is 0 Å². The summed E-state index contributed by atoms with van der Waals surface area (Å²) in [4.78, 5) is 37.8. The van der Waals surface area contributed by atoms with E-state index in [1.54, 1.807) is 0 Å². The summed E-state index contributed by atoms with van der Waals surface area (Å²) in [6.45, 7) is 6.91. The Labute approximate surface area is 490 Å². The zero-order valence-electron chi connectivity index (χ0n) is 52.9. The highest BCUT2D eigenvalue weighted by Gasteiger charge is 2.30. The number of esters is 1. The van der Waals surface area contributed by atoms with Crippen LogP contribution in [-0.4, -0.2) is 74.3 Å². The Morgan fingerprint density at radius 2 is 0.810 bits per heavy atom. The number of unbranched alkanes of at least 4 members (excludes halogenated alkanes) is 37. The average molecular weight is 1130 g/mol. The molecule has 3 atom stereocenters. The molecule has 0 aliphatic carbocycles. The molecule has 0 aromatic rings. The van der Waals surface area contributed by atoms with Gasteiger partial charge in [-0.15, -0.1) is 0 Å². The number of hydrogen-bond acceptors (Lipinski definition) is 6. The van der Waals surface area contributed by atoms with Crippen LogP contribution in [0.25, 0.3) is 0 Å². The van der Waals surface area contributed by atoms with Crippen molar-refractivity contribution in [2.75, 3.05) is 40.9 Å². The molecule has 0 radical (unpaired) electrons. The first-order valence-electron chi connectivity index (χ1n) is 33.6. The number of allylic oxidation sites excluding steroid dienone is 9. The van der Waals surface area contributed by atoms with Gasteiger partial charge in [-0.2, -0.15) is 0 Å². The van der Waals surface area contributed by atoms with Gasteiger partial charge in [-0.05, 0) is 70.3 Å². The quantitative estimate of drug-likeness (QED) is 0.0205. The number of nitrogens with zero attached hydrogens (tertiary/aromatic N) is 1. The summed E-state index contributed by atoms with van der Waals surface area (Å²) in [5.74, 6) is -0.531. The molecule has 0 aliphatic rings. The molecule has 0 bridgehead atoms. The van der Waals surface area contributed by atoms with E-state index in [9.17, 15) is 19.0 Å². The molecule has 2 N–H and O–H groups in total. The van der Waals surface area contributed by atoms with Crippen molar-refractivity contribution in [1.29, 1.82) is 0 Å². The fraction of sp³-hybridized carbons (Fsp3) is 0.826. The Morgan fingerprint density at radius 3 is 1.23 bits per heavy atom. The van der Waals surface area contributed by atoms with Gasteiger partial charge in [-0.1, -0.05) is 294 Å². The molecule has 1 amide bonds. The molecule has 462 valence electrons. The van der Waals surface area contributed by atoms with Crippen LogP contribution in [0, 0.1) is 0 Å². The minimum atomic E-state index is -4.46. The summed E-state index contributed by atoms with van der Waals surface area (Å²) in [5.41, 5.74) is 0. The van der Waals surface area contributed by atoms with Gasteiger partial charge < -0.3 is 19.4 Å². The molecule has 3 unspecified atom stereocenters. The third kappa shape index (κ3) is 60.1. The van der Waals surface area contributed by atoms with Crippen LogP contribution in [-0.2, 0) is 27.9 Å². The number of amides is 1. The Balaban J connectivity index is 5.09. The van der Waals surface area contributed by atoms with Crippen molar-refractivity contribution in [3.8, 4) is 0 Å². The molecule has 0 heterocycles. The molecular weight excluding hydrogens is 1000 g/mol. The fourth-order valence-corrected chi connectivity index (χ4v) is 10.6. The Morgan fingerprint density at radius 1 is 0.456 bits per heavy atom. The van der Waals surface area contributed by atoms with E-state index in [1.165, 1.54) is 193 Å². The average Bonchev–Trinajstić information content (AvgIpc) is 3.41. The first kappa shape index (κ1) is 76.7. The largest absolute Gasteiger partial charge is 0.472 e. The van der Waals surface area contributed by atoms with Gasteiger partial charge in [0, 0.05) is 12.8 Å². The minimum absolute atomic E-state index is 0.0337. The van der Waals surface area contributed by atoms with Crippen molar-refractivity contribution in [1.82, 2.24) is 5.32 Å². The summed E-state index contributed by atoms with van der Waals surface area (Å²) in [6, 6.07) is -0.865. The number of nitrogens with one attached hydrogen (secondary N) is 1. The maximum atomic E-state index is 13.5. The fourth-order valence-electron chi connectivity index (χ4n) is 9.82. The molecule has 0 spiro atoms. The zero-order chi connectivity index (χ0) is 57.9. The number of hydrogen-bond donors (Lipinski definition) is 2. The number of likely N-dealkylation sites (N-methyl/N-ethyl adjacent to an activating group) is 1. The lowest BCUT2D eigenvalue weighted by Gasteiger charge is -2.27. The smallest absolute Gasteiger partial charge is 0.456 e. The number of ether oxygens (including phenoxy) is 1. The number of carbonyl (C=O) groups excluding carboxylic acids is 2. The van der Waals surface area contributed by atoms with Crippen LogP contribution in [0.3, 0.4) is 0 Å². The lowest BCUT2D eigenvalue weighted by Crippen LogP contribution is -2.47. The van der Waals surface area contributed by atoms with E-state index in [-0.39, 0.29) is 31.5 Å². The second kappa shape index (κ2) is 58.9. The van der Waals surface area contributed by atoms with E-state index < -0.39 is 20.0 Å². The lowest BCUT2D eigenvalue weighted by molar-refractivity contribution is -0.870. The number of phosphoric acid groups is 1. The van der Waals surface area contributed by atoms with Crippen LogP contribution in [0.2, 0.25) is 0 Å². The maximum Gasteiger partial charge on any atom is 0.472 e. The number of rotatable bonds is 61. The van der Waals surface area contributed by atoms with E-state index in [2.05, 4.69) is 74.7 Å². The molecule has 10 heteroatoms. The number of carbonyl (C=O) groups is 2. The van der Waals surface area contributed by atoms with Gasteiger partial charge in [0.05, 0.1) is 33.8 Å². The van der Waals surface area contributed by atoms with E-state index in [1.807, 2.05) is 33.3 Å².